The summed E-state index contributed by atoms with van der Waals surface area (Å²) in [6.45, 7) is 7.68. The van der Waals surface area contributed by atoms with E-state index in [9.17, 15) is 4.79 Å². The molecule has 84 valence electrons. The van der Waals surface area contributed by atoms with Gasteiger partial charge in [-0.2, -0.15) is 0 Å². The van der Waals surface area contributed by atoms with Crippen LogP contribution >= 0.6 is 0 Å². The molecular weight excluding hydrogens is 202 g/mol. The van der Waals surface area contributed by atoms with Crippen LogP contribution in [0.15, 0.2) is 18.7 Å². The highest BCUT2D eigenvalue weighted by molar-refractivity contribution is 6.01. The second-order valence-corrected chi connectivity index (χ2v) is 4.39. The summed E-state index contributed by atoms with van der Waals surface area (Å²) in [6, 6.07) is 3.67. The van der Waals surface area contributed by atoms with Crippen LogP contribution in [0, 0.1) is 0 Å². The Labute approximate surface area is 95.1 Å². The van der Waals surface area contributed by atoms with Gasteiger partial charge >= 0.3 is 0 Å². The minimum Gasteiger partial charge on any atom is -0.496 e. The van der Waals surface area contributed by atoms with Crippen LogP contribution in [-0.2, 0) is 5.54 Å². The molecule has 0 radical (unpaired) electrons. The second kappa shape index (κ2) is 3.37. The van der Waals surface area contributed by atoms with Crippen molar-refractivity contribution in [3.63, 3.8) is 0 Å². The molecule has 0 fully saturated rings. The van der Waals surface area contributed by atoms with Gasteiger partial charge in [0.1, 0.15) is 5.75 Å². The van der Waals surface area contributed by atoms with Gasteiger partial charge in [-0.05, 0) is 19.9 Å². The van der Waals surface area contributed by atoms with Crippen LogP contribution in [0.2, 0.25) is 0 Å². The van der Waals surface area contributed by atoms with Crippen LogP contribution in [0.5, 0.6) is 5.75 Å². The molecule has 0 saturated heterocycles. The summed E-state index contributed by atoms with van der Waals surface area (Å²) in [5.41, 5.74) is 2.12. The van der Waals surface area contributed by atoms with Gasteiger partial charge < -0.3 is 10.1 Å². The number of rotatable bonds is 2. The van der Waals surface area contributed by atoms with Crippen molar-refractivity contribution in [1.29, 1.82) is 0 Å². The van der Waals surface area contributed by atoms with Gasteiger partial charge in [-0.15, -0.1) is 0 Å². The normalized spacial score (nSPS) is 16.6. The number of hydrogen-bond donors (Lipinski definition) is 1. The van der Waals surface area contributed by atoms with Gasteiger partial charge in [-0.1, -0.05) is 18.7 Å². The molecule has 2 rings (SSSR count). The Balaban J connectivity index is 2.77. The van der Waals surface area contributed by atoms with E-state index in [2.05, 4.69) is 11.9 Å². The lowest BCUT2D eigenvalue weighted by Crippen LogP contribution is -2.33. The minimum atomic E-state index is -0.392. The van der Waals surface area contributed by atoms with E-state index >= 15 is 0 Å². The highest BCUT2D eigenvalue weighted by Crippen LogP contribution is 2.40. The lowest BCUT2D eigenvalue weighted by Gasteiger charge is -2.22. The van der Waals surface area contributed by atoms with Gasteiger partial charge in [-0.3, -0.25) is 4.79 Å². The Morgan fingerprint density at radius 2 is 2.12 bits per heavy atom. The molecule has 1 amide bonds. The molecule has 0 bridgehead atoms. The summed E-state index contributed by atoms with van der Waals surface area (Å²) in [7, 11) is 1.61. The quantitative estimate of drug-likeness (QED) is 0.825. The van der Waals surface area contributed by atoms with E-state index in [1.807, 2.05) is 26.0 Å². The number of carbonyl (C=O) groups is 1. The number of amides is 1. The maximum atomic E-state index is 11.8. The fraction of sp³-hybridized carbons (Fsp3) is 0.308. The number of carbonyl (C=O) groups excluding carboxylic acids is 1. The lowest BCUT2D eigenvalue weighted by atomic mass is 9.91. The molecule has 1 N–H and O–H groups in total. The molecule has 1 aromatic carbocycles. The Morgan fingerprint density at radius 1 is 1.44 bits per heavy atom. The third kappa shape index (κ3) is 1.32. The van der Waals surface area contributed by atoms with Crippen LogP contribution < -0.4 is 10.1 Å². The highest BCUT2D eigenvalue weighted by Gasteiger charge is 2.38. The first-order valence-corrected chi connectivity index (χ1v) is 5.17. The first kappa shape index (κ1) is 10.7. The number of hydrogen-bond acceptors (Lipinski definition) is 2. The van der Waals surface area contributed by atoms with Gasteiger partial charge in [-0.25, -0.2) is 0 Å². The molecule has 0 aromatic heterocycles. The van der Waals surface area contributed by atoms with E-state index in [-0.39, 0.29) is 5.91 Å². The minimum absolute atomic E-state index is 0.0473. The average molecular weight is 217 g/mol. The van der Waals surface area contributed by atoms with Gasteiger partial charge in [0.05, 0.1) is 12.6 Å². The predicted octanol–water partition coefficient (Wildman–Crippen LogP) is 2.32. The van der Waals surface area contributed by atoms with E-state index in [4.69, 9.17) is 4.74 Å². The Hall–Kier alpha value is -1.77. The second-order valence-electron chi connectivity index (χ2n) is 4.39. The summed E-state index contributed by atoms with van der Waals surface area (Å²) < 4.78 is 5.40. The molecule has 1 aliphatic heterocycles. The van der Waals surface area contributed by atoms with Gasteiger partial charge in [0.2, 0.25) is 0 Å². The molecule has 3 heteroatoms. The van der Waals surface area contributed by atoms with Crippen molar-refractivity contribution in [2.24, 2.45) is 0 Å². The molecule has 1 aliphatic rings. The molecule has 3 nitrogen and oxygen atoms in total. The summed E-state index contributed by atoms with van der Waals surface area (Å²) in [4.78, 5) is 11.8. The number of nitrogens with one attached hydrogen (secondary N) is 1. The average Bonchev–Trinajstić information content (AvgIpc) is 2.48. The molecule has 16 heavy (non-hydrogen) atoms. The predicted molar refractivity (Wildman–Crippen MR) is 63.6 cm³/mol. The SMILES string of the molecule is C=Cc1ccc2c(c1OC)C(C)(C)NC2=O. The fourth-order valence-corrected chi connectivity index (χ4v) is 2.20. The van der Waals surface area contributed by atoms with E-state index < -0.39 is 5.54 Å². The van der Waals surface area contributed by atoms with Gasteiger partial charge in [0.25, 0.3) is 5.91 Å². The van der Waals surface area contributed by atoms with Crippen LogP contribution in [0.3, 0.4) is 0 Å². The number of benzene rings is 1. The Kier molecular flexibility index (Phi) is 2.26. The first-order chi connectivity index (χ1) is 7.51. The molecular formula is C13H15NO2. The first-order valence-electron chi connectivity index (χ1n) is 5.17. The monoisotopic (exact) mass is 217 g/mol. The molecule has 0 spiro atoms. The third-order valence-electron chi connectivity index (χ3n) is 2.91. The van der Waals surface area contributed by atoms with Crippen molar-refractivity contribution in [2.75, 3.05) is 7.11 Å². The van der Waals surface area contributed by atoms with Crippen LogP contribution in [0.1, 0.15) is 35.3 Å². The Morgan fingerprint density at radius 3 is 2.69 bits per heavy atom. The van der Waals surface area contributed by atoms with E-state index in [1.165, 1.54) is 0 Å². The summed E-state index contributed by atoms with van der Waals surface area (Å²) >= 11 is 0. The molecule has 0 saturated carbocycles. The van der Waals surface area contributed by atoms with Gasteiger partial charge in [0.15, 0.2) is 0 Å². The zero-order chi connectivity index (χ0) is 11.9. The summed E-state index contributed by atoms with van der Waals surface area (Å²) in [5, 5.41) is 2.93. The molecule has 1 heterocycles. The standard InChI is InChI=1S/C13H15NO2/c1-5-8-6-7-9-10(11(8)16-4)13(2,3)14-12(9)15/h5-7H,1H2,2-4H3,(H,14,15). The molecule has 0 unspecified atom stereocenters. The van der Waals surface area contributed by atoms with E-state index in [0.717, 1.165) is 16.9 Å². The van der Waals surface area contributed by atoms with Crippen LogP contribution in [0.25, 0.3) is 6.08 Å². The summed E-state index contributed by atoms with van der Waals surface area (Å²) in [6.07, 6.45) is 1.73. The zero-order valence-electron chi connectivity index (χ0n) is 9.76. The largest absolute Gasteiger partial charge is 0.496 e. The topological polar surface area (TPSA) is 38.3 Å². The highest BCUT2D eigenvalue weighted by atomic mass is 16.5. The molecule has 0 atom stereocenters. The smallest absolute Gasteiger partial charge is 0.252 e. The zero-order valence-corrected chi connectivity index (χ0v) is 9.76. The van der Waals surface area contributed by atoms with Gasteiger partial charge in [0, 0.05) is 16.7 Å². The van der Waals surface area contributed by atoms with Crippen molar-refractivity contribution < 1.29 is 9.53 Å². The maximum absolute atomic E-state index is 11.8. The molecule has 1 aromatic rings. The number of methoxy groups -OCH3 is 1. The van der Waals surface area contributed by atoms with Crippen LogP contribution in [0.4, 0.5) is 0 Å². The van der Waals surface area contributed by atoms with Crippen molar-refractivity contribution in [3.8, 4) is 5.75 Å². The van der Waals surface area contributed by atoms with E-state index in [1.54, 1.807) is 13.2 Å². The maximum Gasteiger partial charge on any atom is 0.252 e. The van der Waals surface area contributed by atoms with Crippen molar-refractivity contribution >= 4 is 12.0 Å². The Bertz CT molecular complexity index is 475. The number of fused-ring (bicyclic) bond motifs is 1. The fourth-order valence-electron chi connectivity index (χ4n) is 2.20. The molecule has 0 aliphatic carbocycles. The van der Waals surface area contributed by atoms with Crippen molar-refractivity contribution in [2.45, 2.75) is 19.4 Å². The van der Waals surface area contributed by atoms with Crippen LogP contribution in [-0.4, -0.2) is 13.0 Å². The van der Waals surface area contributed by atoms with Crippen molar-refractivity contribution in [3.05, 3.63) is 35.4 Å². The lowest BCUT2D eigenvalue weighted by molar-refractivity contribution is 0.0940. The van der Waals surface area contributed by atoms with E-state index in [0.29, 0.717) is 5.56 Å². The van der Waals surface area contributed by atoms with Crippen molar-refractivity contribution in [1.82, 2.24) is 5.32 Å². The third-order valence-corrected chi connectivity index (χ3v) is 2.91. The number of ether oxygens (including phenoxy) is 1. The summed E-state index contributed by atoms with van der Waals surface area (Å²) in [5.74, 6) is 0.685.